The van der Waals surface area contributed by atoms with Crippen molar-refractivity contribution in [1.82, 2.24) is 15.6 Å². The van der Waals surface area contributed by atoms with Gasteiger partial charge in [-0.1, -0.05) is 6.07 Å². The molecule has 3 N–H and O–H groups in total. The zero-order valence-electron chi connectivity index (χ0n) is 10.2. The van der Waals surface area contributed by atoms with Crippen molar-refractivity contribution >= 4 is 17.6 Å². The van der Waals surface area contributed by atoms with Crippen molar-refractivity contribution in [3.8, 4) is 0 Å². The average Bonchev–Trinajstić information content (AvgIpc) is 2.75. The molecule has 1 fully saturated rings. The van der Waals surface area contributed by atoms with Gasteiger partial charge in [0.25, 0.3) is 5.91 Å². The second kappa shape index (κ2) is 5.48. The number of aromatic nitrogens is 1. The van der Waals surface area contributed by atoms with Crippen LogP contribution in [-0.4, -0.2) is 35.9 Å². The van der Waals surface area contributed by atoms with E-state index in [9.17, 15) is 9.59 Å². The molecule has 0 radical (unpaired) electrons. The summed E-state index contributed by atoms with van der Waals surface area (Å²) in [5.74, 6) is 0.386. The molecule has 2 amide bonds. The van der Waals surface area contributed by atoms with E-state index in [1.165, 1.54) is 0 Å². The summed E-state index contributed by atoms with van der Waals surface area (Å²) in [4.78, 5) is 27.1. The summed E-state index contributed by atoms with van der Waals surface area (Å²) in [5, 5.41) is 8.50. The molecule has 0 bridgehead atoms. The molecular weight excluding hydrogens is 232 g/mol. The maximum absolute atomic E-state index is 11.9. The first-order valence-corrected chi connectivity index (χ1v) is 5.97. The van der Waals surface area contributed by atoms with Crippen LogP contribution < -0.4 is 16.0 Å². The summed E-state index contributed by atoms with van der Waals surface area (Å²) in [6, 6.07) is 5.09. The van der Waals surface area contributed by atoms with Crippen LogP contribution in [0.15, 0.2) is 18.2 Å². The van der Waals surface area contributed by atoms with Crippen LogP contribution >= 0.6 is 0 Å². The minimum Gasteiger partial charge on any atom is -0.370 e. The number of carbonyl (C=O) groups is 2. The van der Waals surface area contributed by atoms with Gasteiger partial charge in [-0.3, -0.25) is 9.59 Å². The molecule has 1 aliphatic rings. The fourth-order valence-corrected chi connectivity index (χ4v) is 1.81. The predicted octanol–water partition coefficient (Wildman–Crippen LogP) is 0.132. The van der Waals surface area contributed by atoms with Gasteiger partial charge in [0.2, 0.25) is 5.91 Å². The van der Waals surface area contributed by atoms with E-state index in [2.05, 4.69) is 20.9 Å². The molecule has 0 aromatic carbocycles. The Bertz CT molecular complexity index is 461. The van der Waals surface area contributed by atoms with Gasteiger partial charge in [0.1, 0.15) is 11.5 Å². The minimum atomic E-state index is -0.253. The molecule has 6 heteroatoms. The van der Waals surface area contributed by atoms with Gasteiger partial charge >= 0.3 is 0 Å². The summed E-state index contributed by atoms with van der Waals surface area (Å²) in [5.41, 5.74) is 0.354. The maximum atomic E-state index is 11.9. The highest BCUT2D eigenvalue weighted by Gasteiger charge is 2.23. The number of anilines is 1. The fraction of sp³-hybridized carbons (Fsp3) is 0.417. The van der Waals surface area contributed by atoms with Gasteiger partial charge < -0.3 is 16.0 Å². The number of rotatable bonds is 4. The number of nitrogens with zero attached hydrogens (tertiary/aromatic N) is 1. The molecule has 0 aliphatic carbocycles. The first-order chi connectivity index (χ1) is 8.69. The van der Waals surface area contributed by atoms with Crippen LogP contribution in [0, 0.1) is 0 Å². The fourth-order valence-electron chi connectivity index (χ4n) is 1.81. The molecule has 1 aromatic rings. The number of hydrogen-bond donors (Lipinski definition) is 3. The van der Waals surface area contributed by atoms with Crippen molar-refractivity contribution in [3.63, 3.8) is 0 Å². The number of carbonyl (C=O) groups excluding carboxylic acids is 2. The highest BCUT2D eigenvalue weighted by atomic mass is 16.2. The highest BCUT2D eigenvalue weighted by Crippen LogP contribution is 2.06. The van der Waals surface area contributed by atoms with Gasteiger partial charge in [0.05, 0.1) is 6.04 Å². The van der Waals surface area contributed by atoms with E-state index in [0.717, 1.165) is 6.54 Å². The Morgan fingerprint density at radius 2 is 2.39 bits per heavy atom. The molecule has 1 unspecified atom stereocenters. The lowest BCUT2D eigenvalue weighted by Gasteiger charge is -2.10. The largest absolute Gasteiger partial charge is 0.370 e. The van der Waals surface area contributed by atoms with Gasteiger partial charge in [-0.2, -0.15) is 0 Å². The summed E-state index contributed by atoms with van der Waals surface area (Å²) in [7, 11) is 0. The lowest BCUT2D eigenvalue weighted by atomic mass is 10.2. The maximum Gasteiger partial charge on any atom is 0.270 e. The molecule has 0 spiro atoms. The minimum absolute atomic E-state index is 0.0327. The van der Waals surface area contributed by atoms with Crippen LogP contribution in [0.25, 0.3) is 0 Å². The van der Waals surface area contributed by atoms with Gasteiger partial charge in [-0.15, -0.1) is 0 Å². The molecule has 18 heavy (non-hydrogen) atoms. The standard InChI is InChI=1S/C12H16N4O2/c1-2-13-10-5-3-4-9(16-10)12(18)15-8-6-11(17)14-7-8/h3-5,8H,2,6-7H2,1H3,(H,13,16)(H,14,17)(H,15,18). The second-order valence-electron chi connectivity index (χ2n) is 4.12. The third-order valence-electron chi connectivity index (χ3n) is 2.65. The van der Waals surface area contributed by atoms with Crippen LogP contribution in [0.4, 0.5) is 5.82 Å². The molecule has 1 saturated heterocycles. The van der Waals surface area contributed by atoms with Crippen molar-refractivity contribution < 1.29 is 9.59 Å². The molecule has 1 aliphatic heterocycles. The molecule has 6 nitrogen and oxygen atoms in total. The van der Waals surface area contributed by atoms with E-state index in [-0.39, 0.29) is 17.9 Å². The third-order valence-corrected chi connectivity index (χ3v) is 2.65. The first-order valence-electron chi connectivity index (χ1n) is 5.97. The summed E-state index contributed by atoms with van der Waals surface area (Å²) in [6.07, 6.45) is 0.332. The zero-order chi connectivity index (χ0) is 13.0. The molecule has 96 valence electrons. The Balaban J connectivity index is 1.99. The van der Waals surface area contributed by atoms with Crippen molar-refractivity contribution in [2.45, 2.75) is 19.4 Å². The van der Waals surface area contributed by atoms with Crippen molar-refractivity contribution in [3.05, 3.63) is 23.9 Å². The van der Waals surface area contributed by atoms with Crippen molar-refractivity contribution in [1.29, 1.82) is 0 Å². The van der Waals surface area contributed by atoms with E-state index >= 15 is 0 Å². The Morgan fingerprint density at radius 3 is 3.06 bits per heavy atom. The smallest absolute Gasteiger partial charge is 0.270 e. The summed E-state index contributed by atoms with van der Waals surface area (Å²) < 4.78 is 0. The predicted molar refractivity (Wildman–Crippen MR) is 67.3 cm³/mol. The Kier molecular flexibility index (Phi) is 3.76. The van der Waals surface area contributed by atoms with Crippen molar-refractivity contribution in [2.24, 2.45) is 0 Å². The molecule has 1 atom stereocenters. The normalized spacial score (nSPS) is 18.3. The van der Waals surface area contributed by atoms with E-state index in [1.54, 1.807) is 18.2 Å². The number of pyridine rings is 1. The SMILES string of the molecule is CCNc1cccc(C(=O)NC2CNC(=O)C2)n1. The molecule has 0 saturated carbocycles. The van der Waals surface area contributed by atoms with Crippen LogP contribution in [0.3, 0.4) is 0 Å². The lowest BCUT2D eigenvalue weighted by molar-refractivity contribution is -0.119. The quantitative estimate of drug-likeness (QED) is 0.707. The van der Waals surface area contributed by atoms with E-state index < -0.39 is 0 Å². The number of hydrogen-bond acceptors (Lipinski definition) is 4. The highest BCUT2D eigenvalue weighted by molar-refractivity contribution is 5.93. The van der Waals surface area contributed by atoms with Crippen LogP contribution in [0.2, 0.25) is 0 Å². The Morgan fingerprint density at radius 1 is 1.56 bits per heavy atom. The molecule has 2 heterocycles. The third kappa shape index (κ3) is 2.97. The van der Waals surface area contributed by atoms with Gasteiger partial charge in [-0.05, 0) is 19.1 Å². The molecule has 2 rings (SSSR count). The van der Waals surface area contributed by atoms with E-state index in [4.69, 9.17) is 0 Å². The van der Waals surface area contributed by atoms with Crippen molar-refractivity contribution in [2.75, 3.05) is 18.4 Å². The average molecular weight is 248 g/mol. The van der Waals surface area contributed by atoms with Crippen LogP contribution in [0.1, 0.15) is 23.8 Å². The van der Waals surface area contributed by atoms with Gasteiger partial charge in [0.15, 0.2) is 0 Å². The number of amides is 2. The molecular formula is C12H16N4O2. The number of nitrogens with one attached hydrogen (secondary N) is 3. The summed E-state index contributed by atoms with van der Waals surface area (Å²) >= 11 is 0. The van der Waals surface area contributed by atoms with E-state index in [0.29, 0.717) is 24.5 Å². The summed E-state index contributed by atoms with van der Waals surface area (Å²) in [6.45, 7) is 3.20. The van der Waals surface area contributed by atoms with Crippen LogP contribution in [0.5, 0.6) is 0 Å². The van der Waals surface area contributed by atoms with Crippen LogP contribution in [-0.2, 0) is 4.79 Å². The lowest BCUT2D eigenvalue weighted by Crippen LogP contribution is -2.36. The Hall–Kier alpha value is -2.11. The van der Waals surface area contributed by atoms with Gasteiger partial charge in [0, 0.05) is 19.5 Å². The monoisotopic (exact) mass is 248 g/mol. The first kappa shape index (κ1) is 12.3. The second-order valence-corrected chi connectivity index (χ2v) is 4.12. The van der Waals surface area contributed by atoms with Gasteiger partial charge in [-0.25, -0.2) is 4.98 Å². The topological polar surface area (TPSA) is 83.1 Å². The molecule has 1 aromatic heterocycles. The van der Waals surface area contributed by atoms with E-state index in [1.807, 2.05) is 6.92 Å². The Labute approximate surface area is 105 Å². The zero-order valence-corrected chi connectivity index (χ0v) is 10.2.